The van der Waals surface area contributed by atoms with E-state index in [4.69, 9.17) is 0 Å². The van der Waals surface area contributed by atoms with Crippen molar-refractivity contribution in [2.75, 3.05) is 6.54 Å². The van der Waals surface area contributed by atoms with Crippen LogP contribution in [-0.2, 0) is 0 Å². The molecule has 1 aromatic carbocycles. The van der Waals surface area contributed by atoms with E-state index in [2.05, 4.69) is 50.2 Å². The molecule has 0 spiro atoms. The largest absolute Gasteiger partial charge is 0.306 e. The van der Waals surface area contributed by atoms with Gasteiger partial charge in [-0.2, -0.15) is 0 Å². The first kappa shape index (κ1) is 17.1. The molecule has 1 heterocycles. The van der Waals surface area contributed by atoms with E-state index in [1.54, 1.807) is 11.3 Å². The number of aryl methyl sites for hydroxylation is 2. The molecule has 0 bridgehead atoms. The van der Waals surface area contributed by atoms with Crippen LogP contribution in [0.15, 0.2) is 25.8 Å². The topological polar surface area (TPSA) is 12.0 Å². The van der Waals surface area contributed by atoms with Gasteiger partial charge in [-0.1, -0.05) is 19.1 Å². The van der Waals surface area contributed by atoms with Gasteiger partial charge in [-0.05, 0) is 87.0 Å². The van der Waals surface area contributed by atoms with Crippen molar-refractivity contribution in [1.82, 2.24) is 5.32 Å². The first-order valence-corrected chi connectivity index (χ1v) is 9.29. The summed E-state index contributed by atoms with van der Waals surface area (Å²) < 4.78 is 16.1. The molecule has 0 radical (unpaired) electrons. The molecule has 0 saturated carbocycles. The van der Waals surface area contributed by atoms with Crippen LogP contribution in [0.25, 0.3) is 0 Å². The Bertz CT molecular complexity index is 616. The second kappa shape index (κ2) is 7.36. The summed E-state index contributed by atoms with van der Waals surface area (Å²) in [5.41, 5.74) is 3.68. The molecule has 2 rings (SSSR count). The fourth-order valence-electron chi connectivity index (χ4n) is 2.39. The Balaban J connectivity index is 2.47. The van der Waals surface area contributed by atoms with Gasteiger partial charge in [0.25, 0.3) is 0 Å². The lowest BCUT2D eigenvalue weighted by molar-refractivity contribution is 0.586. The van der Waals surface area contributed by atoms with Crippen LogP contribution in [0.4, 0.5) is 4.39 Å². The van der Waals surface area contributed by atoms with E-state index in [1.165, 1.54) is 5.56 Å². The summed E-state index contributed by atoms with van der Waals surface area (Å²) in [4.78, 5) is 0. The fourth-order valence-corrected chi connectivity index (χ4v) is 5.29. The van der Waals surface area contributed by atoms with E-state index in [1.807, 2.05) is 26.0 Å². The Labute approximate surface area is 146 Å². The van der Waals surface area contributed by atoms with Gasteiger partial charge in [-0.3, -0.25) is 0 Å². The van der Waals surface area contributed by atoms with Crippen LogP contribution in [0, 0.1) is 19.7 Å². The lowest BCUT2D eigenvalue weighted by Crippen LogP contribution is -2.23. The van der Waals surface area contributed by atoms with Gasteiger partial charge in [0.2, 0.25) is 0 Å². The average Bonchev–Trinajstić information content (AvgIpc) is 2.75. The molecule has 0 aliphatic carbocycles. The van der Waals surface area contributed by atoms with Gasteiger partial charge in [0.15, 0.2) is 0 Å². The van der Waals surface area contributed by atoms with E-state index < -0.39 is 0 Å². The maximum absolute atomic E-state index is 13.9. The molecule has 21 heavy (non-hydrogen) atoms. The minimum absolute atomic E-state index is 0.0693. The molecule has 1 unspecified atom stereocenters. The van der Waals surface area contributed by atoms with Crippen LogP contribution in [0.5, 0.6) is 0 Å². The first-order chi connectivity index (χ1) is 9.93. The second-order valence-corrected chi connectivity index (χ2v) is 8.88. The zero-order valence-electron chi connectivity index (χ0n) is 12.3. The molecule has 0 saturated heterocycles. The van der Waals surface area contributed by atoms with Crippen molar-refractivity contribution >= 4 is 43.2 Å². The number of thiophene rings is 1. The third kappa shape index (κ3) is 3.95. The standard InChI is InChI=1S/C16H18Br2FNS/c1-4-5-20-15(12-8-13(17)21-16(12)18)11-6-9(2)14(19)10(3)7-11/h6-8,15,20H,4-5H2,1-3H3. The molecule has 114 valence electrons. The lowest BCUT2D eigenvalue weighted by Gasteiger charge is -2.20. The molecule has 0 aliphatic heterocycles. The number of halogens is 3. The van der Waals surface area contributed by atoms with Crippen LogP contribution in [0.1, 0.15) is 41.6 Å². The highest BCUT2D eigenvalue weighted by Gasteiger charge is 2.20. The van der Waals surface area contributed by atoms with E-state index in [0.29, 0.717) is 11.1 Å². The van der Waals surface area contributed by atoms with Crippen molar-refractivity contribution in [2.24, 2.45) is 0 Å². The van der Waals surface area contributed by atoms with Crippen LogP contribution in [0.3, 0.4) is 0 Å². The normalized spacial score (nSPS) is 12.7. The Hall–Kier alpha value is -0.230. The highest BCUT2D eigenvalue weighted by atomic mass is 79.9. The summed E-state index contributed by atoms with van der Waals surface area (Å²) in [6.07, 6.45) is 1.05. The fraction of sp³-hybridized carbons (Fsp3) is 0.375. The van der Waals surface area contributed by atoms with Gasteiger partial charge >= 0.3 is 0 Å². The van der Waals surface area contributed by atoms with Crippen molar-refractivity contribution in [3.8, 4) is 0 Å². The summed E-state index contributed by atoms with van der Waals surface area (Å²) in [5.74, 6) is -0.112. The smallest absolute Gasteiger partial charge is 0.129 e. The Morgan fingerprint density at radius 2 is 1.81 bits per heavy atom. The summed E-state index contributed by atoms with van der Waals surface area (Å²) >= 11 is 8.82. The predicted molar refractivity (Wildman–Crippen MR) is 95.7 cm³/mol. The van der Waals surface area contributed by atoms with Crippen molar-refractivity contribution in [2.45, 2.75) is 33.2 Å². The molecule has 0 aliphatic rings. The van der Waals surface area contributed by atoms with Gasteiger partial charge in [0.1, 0.15) is 5.82 Å². The third-order valence-electron chi connectivity index (χ3n) is 3.38. The maximum atomic E-state index is 13.9. The zero-order chi connectivity index (χ0) is 15.6. The van der Waals surface area contributed by atoms with Gasteiger partial charge in [0, 0.05) is 0 Å². The summed E-state index contributed by atoms with van der Waals surface area (Å²) in [7, 11) is 0. The minimum Gasteiger partial charge on any atom is -0.306 e. The maximum Gasteiger partial charge on any atom is 0.129 e. The zero-order valence-corrected chi connectivity index (χ0v) is 16.3. The number of hydrogen-bond acceptors (Lipinski definition) is 2. The highest BCUT2D eigenvalue weighted by Crippen LogP contribution is 2.38. The third-order valence-corrected chi connectivity index (χ3v) is 5.77. The molecule has 5 heteroatoms. The van der Waals surface area contributed by atoms with Crippen molar-refractivity contribution < 1.29 is 4.39 Å². The average molecular weight is 435 g/mol. The number of hydrogen-bond donors (Lipinski definition) is 1. The molecular formula is C16H18Br2FNS. The van der Waals surface area contributed by atoms with Gasteiger partial charge in [0.05, 0.1) is 13.6 Å². The quantitative estimate of drug-likeness (QED) is 0.597. The summed E-state index contributed by atoms with van der Waals surface area (Å²) in [5, 5.41) is 3.56. The molecule has 2 aromatic rings. The van der Waals surface area contributed by atoms with Crippen LogP contribution >= 0.6 is 43.2 Å². The first-order valence-electron chi connectivity index (χ1n) is 6.88. The number of rotatable bonds is 5. The number of benzene rings is 1. The Kier molecular flexibility index (Phi) is 6.00. The summed E-state index contributed by atoms with van der Waals surface area (Å²) in [6, 6.07) is 6.07. The molecule has 0 fully saturated rings. The van der Waals surface area contributed by atoms with E-state index in [9.17, 15) is 4.39 Å². The highest BCUT2D eigenvalue weighted by molar-refractivity contribution is 9.12. The summed E-state index contributed by atoms with van der Waals surface area (Å²) in [6.45, 7) is 6.70. The van der Waals surface area contributed by atoms with Crippen molar-refractivity contribution in [3.05, 3.63) is 53.8 Å². The SMILES string of the molecule is CCCNC(c1cc(C)c(F)c(C)c1)c1cc(Br)sc1Br. The van der Waals surface area contributed by atoms with Crippen molar-refractivity contribution in [3.63, 3.8) is 0 Å². The second-order valence-electron chi connectivity index (χ2n) is 5.14. The van der Waals surface area contributed by atoms with Crippen LogP contribution in [0.2, 0.25) is 0 Å². The van der Waals surface area contributed by atoms with Crippen molar-refractivity contribution in [1.29, 1.82) is 0 Å². The molecule has 1 N–H and O–H groups in total. The van der Waals surface area contributed by atoms with E-state index in [0.717, 1.165) is 26.1 Å². The van der Waals surface area contributed by atoms with Crippen LogP contribution < -0.4 is 5.32 Å². The monoisotopic (exact) mass is 433 g/mol. The molecule has 1 nitrogen and oxygen atoms in total. The van der Waals surface area contributed by atoms with E-state index in [-0.39, 0.29) is 11.9 Å². The van der Waals surface area contributed by atoms with Gasteiger partial charge < -0.3 is 5.32 Å². The molecule has 1 atom stereocenters. The van der Waals surface area contributed by atoms with Crippen LogP contribution in [-0.4, -0.2) is 6.54 Å². The van der Waals surface area contributed by atoms with E-state index >= 15 is 0 Å². The molecule has 1 aromatic heterocycles. The molecule has 0 amide bonds. The molecular weight excluding hydrogens is 417 g/mol. The van der Waals surface area contributed by atoms with Gasteiger partial charge in [-0.25, -0.2) is 4.39 Å². The number of nitrogens with one attached hydrogen (secondary N) is 1. The Morgan fingerprint density at radius 3 is 2.29 bits per heavy atom. The lowest BCUT2D eigenvalue weighted by atomic mass is 9.97. The van der Waals surface area contributed by atoms with Gasteiger partial charge in [-0.15, -0.1) is 11.3 Å². The minimum atomic E-state index is -0.112. The predicted octanol–water partition coefficient (Wildman–Crippen LogP) is 6.12. The Morgan fingerprint density at radius 1 is 1.19 bits per heavy atom.